The van der Waals surface area contributed by atoms with Crippen LogP contribution in [0.1, 0.15) is 63.9 Å². The first-order chi connectivity index (χ1) is 12.6. The van der Waals surface area contributed by atoms with Crippen LogP contribution in [-0.2, 0) is 6.42 Å². The zero-order valence-electron chi connectivity index (χ0n) is 16.1. The van der Waals surface area contributed by atoms with Gasteiger partial charge in [0.2, 0.25) is 0 Å². The second-order valence-corrected chi connectivity index (χ2v) is 12.2. The van der Waals surface area contributed by atoms with E-state index in [1.165, 1.54) is 44.9 Å². The fraction of sp³-hybridized carbons (Fsp3) is 0.727. The first-order valence-corrected chi connectivity index (χ1v) is 13.1. The molecule has 0 radical (unpaired) electrons. The number of hydrogen-bond donors (Lipinski definition) is 0. The Kier molecular flexibility index (Phi) is 7.25. The summed E-state index contributed by atoms with van der Waals surface area (Å²) in [6, 6.07) is 7.00. The van der Waals surface area contributed by atoms with Crippen molar-refractivity contribution in [1.29, 1.82) is 0 Å². The Morgan fingerprint density at radius 3 is 2.04 bits per heavy atom. The van der Waals surface area contributed by atoms with E-state index in [0.29, 0.717) is 17.9 Å². The van der Waals surface area contributed by atoms with Crippen LogP contribution in [0, 0.1) is 35.2 Å². The Labute approximate surface area is 158 Å². The predicted octanol–water partition coefficient (Wildman–Crippen LogP) is 6.89. The normalized spacial score (nSPS) is 29.7. The smallest absolute Gasteiger partial charge is 0.194 e. The summed E-state index contributed by atoms with van der Waals surface area (Å²) in [4.78, 5) is 0. The van der Waals surface area contributed by atoms with Crippen molar-refractivity contribution in [2.45, 2.75) is 82.8 Å². The lowest BCUT2D eigenvalue weighted by Crippen LogP contribution is -2.28. The highest BCUT2D eigenvalue weighted by Crippen LogP contribution is 2.41. The van der Waals surface area contributed by atoms with E-state index in [1.807, 2.05) is 0 Å². The quantitative estimate of drug-likeness (QED) is 0.371. The third-order valence-corrected chi connectivity index (χ3v) is 10.7. The van der Waals surface area contributed by atoms with Gasteiger partial charge in [-0.2, -0.15) is 0 Å². The number of benzene rings is 1. The molecule has 4 heteroatoms. The second-order valence-electron chi connectivity index (χ2n) is 8.76. The van der Waals surface area contributed by atoms with E-state index in [2.05, 4.69) is 6.92 Å². The minimum atomic E-state index is -1.36. The van der Waals surface area contributed by atoms with Crippen LogP contribution < -0.4 is 0 Å². The molecule has 1 aromatic carbocycles. The third kappa shape index (κ3) is 5.14. The standard InChI is InChI=1S/C22H33F3Si/c1-2-11-26-12-9-19(10-13-26)18-7-5-16(6-8-18)3-4-17-14-20(23)22(25)21(24)15-17/h14-16,18-19,26H,2-13H2,1H3/t16-,18-,19-,26-. The molecule has 1 saturated heterocycles. The highest BCUT2D eigenvalue weighted by Gasteiger charge is 2.30. The lowest BCUT2D eigenvalue weighted by atomic mass is 9.73. The number of hydrogen-bond acceptors (Lipinski definition) is 0. The van der Waals surface area contributed by atoms with Gasteiger partial charge in [0.1, 0.15) is 0 Å². The molecule has 0 atom stereocenters. The van der Waals surface area contributed by atoms with Gasteiger partial charge in [-0.25, -0.2) is 13.2 Å². The molecule has 0 bridgehead atoms. The van der Waals surface area contributed by atoms with Crippen molar-refractivity contribution < 1.29 is 13.2 Å². The van der Waals surface area contributed by atoms with Gasteiger partial charge in [-0.05, 0) is 61.1 Å². The van der Waals surface area contributed by atoms with E-state index >= 15 is 0 Å². The van der Waals surface area contributed by atoms with Crippen molar-refractivity contribution in [3.8, 4) is 0 Å². The van der Waals surface area contributed by atoms with Gasteiger partial charge in [0, 0.05) is 8.80 Å². The van der Waals surface area contributed by atoms with Gasteiger partial charge in [-0.1, -0.05) is 57.2 Å². The molecule has 1 aliphatic heterocycles. The van der Waals surface area contributed by atoms with Gasteiger partial charge < -0.3 is 0 Å². The summed E-state index contributed by atoms with van der Waals surface area (Å²) in [5.41, 5.74) is 0.586. The molecule has 0 N–H and O–H groups in total. The van der Waals surface area contributed by atoms with Crippen LogP contribution in [0.4, 0.5) is 13.2 Å². The molecule has 0 amide bonds. The molecule has 1 aliphatic carbocycles. The molecule has 26 heavy (non-hydrogen) atoms. The van der Waals surface area contributed by atoms with Gasteiger partial charge in [0.05, 0.1) is 0 Å². The van der Waals surface area contributed by atoms with Crippen molar-refractivity contribution in [2.75, 3.05) is 0 Å². The van der Waals surface area contributed by atoms with Crippen LogP contribution in [0.2, 0.25) is 18.1 Å². The lowest BCUT2D eigenvalue weighted by Gasteiger charge is -2.37. The number of rotatable bonds is 6. The van der Waals surface area contributed by atoms with Crippen molar-refractivity contribution in [3.63, 3.8) is 0 Å². The maximum Gasteiger partial charge on any atom is 0.194 e. The monoisotopic (exact) mass is 382 g/mol. The van der Waals surface area contributed by atoms with Crippen LogP contribution in [0.25, 0.3) is 0 Å². The Balaban J connectivity index is 1.40. The van der Waals surface area contributed by atoms with Gasteiger partial charge in [-0.15, -0.1) is 0 Å². The van der Waals surface area contributed by atoms with Crippen molar-refractivity contribution in [3.05, 3.63) is 35.1 Å². The molecule has 146 valence electrons. The summed E-state index contributed by atoms with van der Waals surface area (Å²) in [6.45, 7) is 2.33. The molecule has 0 aromatic heterocycles. The summed E-state index contributed by atoms with van der Waals surface area (Å²) < 4.78 is 39.7. The Morgan fingerprint density at radius 2 is 1.46 bits per heavy atom. The van der Waals surface area contributed by atoms with Crippen LogP contribution in [0.15, 0.2) is 12.1 Å². The van der Waals surface area contributed by atoms with Crippen molar-refractivity contribution >= 4 is 8.80 Å². The Bertz CT molecular complexity index is 550. The van der Waals surface area contributed by atoms with Crippen LogP contribution in [0.5, 0.6) is 0 Å². The molecular weight excluding hydrogens is 349 g/mol. The maximum atomic E-state index is 13.3. The van der Waals surface area contributed by atoms with Gasteiger partial charge in [-0.3, -0.25) is 0 Å². The average Bonchev–Trinajstić information content (AvgIpc) is 2.66. The van der Waals surface area contributed by atoms with E-state index in [4.69, 9.17) is 0 Å². The van der Waals surface area contributed by atoms with E-state index in [-0.39, 0.29) is 8.80 Å². The Morgan fingerprint density at radius 1 is 0.885 bits per heavy atom. The fourth-order valence-corrected chi connectivity index (χ4v) is 8.91. The topological polar surface area (TPSA) is 0 Å². The van der Waals surface area contributed by atoms with Crippen molar-refractivity contribution in [2.24, 2.45) is 17.8 Å². The molecule has 2 aliphatic rings. The minimum Gasteiger partial charge on any atom is -0.204 e. The minimum absolute atomic E-state index is 0.378. The van der Waals surface area contributed by atoms with Gasteiger partial charge in [0.25, 0.3) is 0 Å². The fourth-order valence-electron chi connectivity index (χ4n) is 5.43. The molecule has 2 fully saturated rings. The predicted molar refractivity (Wildman–Crippen MR) is 105 cm³/mol. The summed E-state index contributed by atoms with van der Waals surface area (Å²) in [7, 11) is -0.378. The summed E-state index contributed by atoms with van der Waals surface area (Å²) in [5.74, 6) is -0.934. The lowest BCUT2D eigenvalue weighted by molar-refractivity contribution is 0.186. The zero-order chi connectivity index (χ0) is 18.5. The molecular formula is C22H33F3Si. The highest BCUT2D eigenvalue weighted by molar-refractivity contribution is 6.58. The van der Waals surface area contributed by atoms with Crippen LogP contribution in [0.3, 0.4) is 0 Å². The van der Waals surface area contributed by atoms with E-state index < -0.39 is 17.5 Å². The SMILES string of the molecule is CCC[Si@H]1CC[C@H]([C@H]2CC[C@H](CCc3cc(F)c(F)c(F)c3)CC2)CC1. The van der Waals surface area contributed by atoms with Gasteiger partial charge in [0.15, 0.2) is 17.5 Å². The molecule has 0 unspecified atom stereocenters. The molecule has 1 heterocycles. The summed E-state index contributed by atoms with van der Waals surface area (Å²) >= 11 is 0. The average molecular weight is 383 g/mol. The summed E-state index contributed by atoms with van der Waals surface area (Å²) in [5, 5.41) is 0. The van der Waals surface area contributed by atoms with Crippen LogP contribution in [-0.4, -0.2) is 8.80 Å². The Hall–Kier alpha value is -0.773. The zero-order valence-corrected chi connectivity index (χ0v) is 17.2. The van der Waals surface area contributed by atoms with E-state index in [0.717, 1.165) is 30.4 Å². The largest absolute Gasteiger partial charge is 0.204 e. The molecule has 0 spiro atoms. The molecule has 3 rings (SSSR count). The first kappa shape index (κ1) is 20.0. The maximum absolute atomic E-state index is 13.3. The van der Waals surface area contributed by atoms with E-state index in [9.17, 15) is 13.2 Å². The van der Waals surface area contributed by atoms with E-state index in [1.54, 1.807) is 18.1 Å². The number of aryl methyl sites for hydroxylation is 1. The number of halogens is 3. The molecule has 0 nitrogen and oxygen atoms in total. The second kappa shape index (κ2) is 9.43. The highest BCUT2D eigenvalue weighted by atomic mass is 28.3. The van der Waals surface area contributed by atoms with Gasteiger partial charge >= 0.3 is 0 Å². The summed E-state index contributed by atoms with van der Waals surface area (Å²) in [6.07, 6.45) is 11.1. The first-order valence-electron chi connectivity index (χ1n) is 10.7. The van der Waals surface area contributed by atoms with Crippen molar-refractivity contribution in [1.82, 2.24) is 0 Å². The molecule has 1 aromatic rings. The molecule has 1 saturated carbocycles. The third-order valence-electron chi connectivity index (χ3n) is 7.03. The van der Waals surface area contributed by atoms with Crippen LogP contribution >= 0.6 is 0 Å².